The van der Waals surface area contributed by atoms with Crippen molar-refractivity contribution in [3.8, 4) is 0 Å². The van der Waals surface area contributed by atoms with E-state index in [1.54, 1.807) is 7.11 Å². The van der Waals surface area contributed by atoms with Gasteiger partial charge >= 0.3 is 5.97 Å². The van der Waals surface area contributed by atoms with Crippen molar-refractivity contribution in [2.75, 3.05) is 20.3 Å². The molecule has 0 spiro atoms. The normalized spacial score (nSPS) is 29.2. The summed E-state index contributed by atoms with van der Waals surface area (Å²) in [6.45, 7) is 3.19. The van der Waals surface area contributed by atoms with E-state index in [0.29, 0.717) is 19.1 Å². The molecule has 17 heavy (non-hydrogen) atoms. The Labute approximate surface area is 103 Å². The lowest BCUT2D eigenvalue weighted by Gasteiger charge is -2.33. The Kier molecular flexibility index (Phi) is 6.52. The first-order valence-electron chi connectivity index (χ1n) is 6.52. The Hall–Kier alpha value is -0.610. The molecule has 0 aromatic rings. The van der Waals surface area contributed by atoms with Crippen LogP contribution in [0, 0.1) is 11.8 Å². The van der Waals surface area contributed by atoms with Crippen molar-refractivity contribution in [2.45, 2.75) is 45.1 Å². The minimum atomic E-state index is -0.720. The van der Waals surface area contributed by atoms with E-state index in [2.05, 4.69) is 6.92 Å². The van der Waals surface area contributed by atoms with Gasteiger partial charge in [0.2, 0.25) is 0 Å². The van der Waals surface area contributed by atoms with Gasteiger partial charge in [-0.2, -0.15) is 0 Å². The number of methoxy groups -OCH3 is 1. The molecule has 1 saturated carbocycles. The Balaban J connectivity index is 2.47. The largest absolute Gasteiger partial charge is 0.481 e. The summed E-state index contributed by atoms with van der Waals surface area (Å²) in [5.74, 6) is -0.425. The molecule has 1 N–H and O–H groups in total. The molecule has 1 aliphatic carbocycles. The molecule has 1 rings (SSSR count). The number of carboxylic acids is 1. The van der Waals surface area contributed by atoms with Gasteiger partial charge in [0.05, 0.1) is 25.2 Å². The predicted octanol–water partition coefficient (Wildman–Crippen LogP) is 2.32. The van der Waals surface area contributed by atoms with E-state index in [1.165, 1.54) is 6.42 Å². The summed E-state index contributed by atoms with van der Waals surface area (Å²) in [5, 5.41) is 9.17. The molecule has 0 aromatic heterocycles. The number of rotatable bonds is 7. The molecule has 3 atom stereocenters. The number of hydrogen-bond acceptors (Lipinski definition) is 3. The zero-order valence-electron chi connectivity index (χ0n) is 10.9. The maximum absolute atomic E-state index is 11.2. The van der Waals surface area contributed by atoms with Gasteiger partial charge in [0.15, 0.2) is 0 Å². The molecule has 1 aliphatic rings. The third-order valence-corrected chi connectivity index (χ3v) is 3.53. The van der Waals surface area contributed by atoms with Crippen molar-refractivity contribution in [1.29, 1.82) is 0 Å². The van der Waals surface area contributed by atoms with Crippen molar-refractivity contribution in [2.24, 2.45) is 11.8 Å². The predicted molar refractivity (Wildman–Crippen MR) is 65.0 cm³/mol. The van der Waals surface area contributed by atoms with E-state index in [4.69, 9.17) is 9.47 Å². The van der Waals surface area contributed by atoms with Crippen LogP contribution in [0.1, 0.15) is 39.0 Å². The molecule has 3 unspecified atom stereocenters. The smallest absolute Gasteiger partial charge is 0.309 e. The van der Waals surface area contributed by atoms with Gasteiger partial charge < -0.3 is 14.6 Å². The third-order valence-electron chi connectivity index (χ3n) is 3.53. The van der Waals surface area contributed by atoms with Crippen LogP contribution in [0.5, 0.6) is 0 Å². The second-order valence-corrected chi connectivity index (χ2v) is 4.81. The van der Waals surface area contributed by atoms with Crippen LogP contribution in [0.2, 0.25) is 0 Å². The van der Waals surface area contributed by atoms with Gasteiger partial charge in [-0.3, -0.25) is 4.79 Å². The van der Waals surface area contributed by atoms with Gasteiger partial charge in [0.1, 0.15) is 0 Å². The lowest BCUT2D eigenvalue weighted by molar-refractivity contribution is -0.151. The third kappa shape index (κ3) is 4.64. The minimum absolute atomic E-state index is 0.132. The first-order chi connectivity index (χ1) is 8.19. The summed E-state index contributed by atoms with van der Waals surface area (Å²) >= 11 is 0. The average Bonchev–Trinajstić information content (AvgIpc) is 2.30. The molecule has 100 valence electrons. The Morgan fingerprint density at radius 2 is 2.12 bits per heavy atom. The van der Waals surface area contributed by atoms with Crippen molar-refractivity contribution in [1.82, 2.24) is 0 Å². The molecule has 0 bridgehead atoms. The van der Waals surface area contributed by atoms with Crippen molar-refractivity contribution < 1.29 is 19.4 Å². The van der Waals surface area contributed by atoms with Crippen LogP contribution < -0.4 is 0 Å². The Bertz CT molecular complexity index is 229. The van der Waals surface area contributed by atoms with Crippen molar-refractivity contribution >= 4 is 5.97 Å². The second-order valence-electron chi connectivity index (χ2n) is 4.81. The van der Waals surface area contributed by atoms with Crippen LogP contribution in [-0.4, -0.2) is 37.5 Å². The fraction of sp³-hybridized carbons (Fsp3) is 0.923. The summed E-state index contributed by atoms with van der Waals surface area (Å²) in [6, 6.07) is 0. The Morgan fingerprint density at radius 1 is 1.35 bits per heavy atom. The van der Waals surface area contributed by atoms with Crippen LogP contribution in [0.15, 0.2) is 0 Å². The zero-order valence-corrected chi connectivity index (χ0v) is 10.9. The molecule has 0 saturated heterocycles. The highest BCUT2D eigenvalue weighted by Gasteiger charge is 2.35. The molecule has 1 fully saturated rings. The van der Waals surface area contributed by atoms with Gasteiger partial charge in [-0.15, -0.1) is 0 Å². The minimum Gasteiger partial charge on any atom is -0.481 e. The topological polar surface area (TPSA) is 55.8 Å². The maximum Gasteiger partial charge on any atom is 0.309 e. The van der Waals surface area contributed by atoms with E-state index in [1.807, 2.05) is 0 Å². The lowest BCUT2D eigenvalue weighted by Crippen LogP contribution is -2.37. The van der Waals surface area contributed by atoms with Crippen LogP contribution in [0.25, 0.3) is 0 Å². The summed E-state index contributed by atoms with van der Waals surface area (Å²) in [7, 11) is 1.62. The highest BCUT2D eigenvalue weighted by atomic mass is 16.5. The Morgan fingerprint density at radius 3 is 2.71 bits per heavy atom. The van der Waals surface area contributed by atoms with Crippen LogP contribution >= 0.6 is 0 Å². The number of aliphatic carboxylic acids is 1. The van der Waals surface area contributed by atoms with Gasteiger partial charge in [0, 0.05) is 7.11 Å². The van der Waals surface area contributed by atoms with Gasteiger partial charge in [0.25, 0.3) is 0 Å². The number of hydrogen-bond donors (Lipinski definition) is 1. The maximum atomic E-state index is 11.2. The lowest BCUT2D eigenvalue weighted by atomic mass is 9.78. The highest BCUT2D eigenvalue weighted by molar-refractivity contribution is 5.70. The van der Waals surface area contributed by atoms with Crippen LogP contribution in [0.4, 0.5) is 0 Å². The standard InChI is InChI=1S/C13H24O4/c1-3-4-10-5-6-11(13(14)15)12(9-10)17-8-7-16-2/h10-12H,3-9H2,1-2H3,(H,14,15). The van der Waals surface area contributed by atoms with Gasteiger partial charge in [-0.1, -0.05) is 19.8 Å². The van der Waals surface area contributed by atoms with Crippen molar-refractivity contribution in [3.63, 3.8) is 0 Å². The SMILES string of the molecule is CCCC1CCC(C(=O)O)C(OCCOC)C1. The average molecular weight is 244 g/mol. The fourth-order valence-corrected chi connectivity index (χ4v) is 2.63. The molecule has 0 aromatic carbocycles. The summed E-state index contributed by atoms with van der Waals surface area (Å²) in [4.78, 5) is 11.2. The molecule has 0 radical (unpaired) electrons. The number of carboxylic acid groups (broad SMARTS) is 1. The quantitative estimate of drug-likeness (QED) is 0.698. The monoisotopic (exact) mass is 244 g/mol. The molecule has 4 heteroatoms. The summed E-state index contributed by atoms with van der Waals surface area (Å²) < 4.78 is 10.6. The first kappa shape index (κ1) is 14.5. The molecule has 0 aliphatic heterocycles. The molecular weight excluding hydrogens is 220 g/mol. The fourth-order valence-electron chi connectivity index (χ4n) is 2.63. The molecule has 4 nitrogen and oxygen atoms in total. The van der Waals surface area contributed by atoms with Gasteiger partial charge in [-0.25, -0.2) is 0 Å². The number of ether oxygens (including phenoxy) is 2. The van der Waals surface area contributed by atoms with E-state index in [9.17, 15) is 9.90 Å². The van der Waals surface area contributed by atoms with E-state index in [0.717, 1.165) is 25.7 Å². The zero-order chi connectivity index (χ0) is 12.7. The van der Waals surface area contributed by atoms with Crippen molar-refractivity contribution in [3.05, 3.63) is 0 Å². The molecular formula is C13H24O4. The molecule has 0 amide bonds. The summed E-state index contributed by atoms with van der Waals surface area (Å²) in [5.41, 5.74) is 0. The summed E-state index contributed by atoms with van der Waals surface area (Å²) in [6.07, 6.45) is 4.86. The second kappa shape index (κ2) is 7.67. The van der Waals surface area contributed by atoms with Crippen LogP contribution in [-0.2, 0) is 14.3 Å². The van der Waals surface area contributed by atoms with E-state index >= 15 is 0 Å². The van der Waals surface area contributed by atoms with E-state index in [-0.39, 0.29) is 12.0 Å². The van der Waals surface area contributed by atoms with E-state index < -0.39 is 5.97 Å². The highest BCUT2D eigenvalue weighted by Crippen LogP contribution is 2.33. The molecule has 0 heterocycles. The van der Waals surface area contributed by atoms with Gasteiger partial charge in [-0.05, 0) is 25.2 Å². The number of carbonyl (C=O) groups is 1. The van der Waals surface area contributed by atoms with Crippen LogP contribution in [0.3, 0.4) is 0 Å². The first-order valence-corrected chi connectivity index (χ1v) is 6.52.